The molecule has 1 aliphatic heterocycles. The highest BCUT2D eigenvalue weighted by atomic mass is 35.5. The second-order valence-electron chi connectivity index (χ2n) is 5.74. The maximum Gasteiger partial charge on any atom is 0.274 e. The van der Waals surface area contributed by atoms with E-state index in [-0.39, 0.29) is 12.0 Å². The van der Waals surface area contributed by atoms with Gasteiger partial charge in [-0.05, 0) is 43.2 Å². The van der Waals surface area contributed by atoms with Crippen LogP contribution in [-0.4, -0.2) is 37.3 Å². The van der Waals surface area contributed by atoms with Crippen molar-refractivity contribution in [3.63, 3.8) is 0 Å². The Morgan fingerprint density at radius 1 is 1.40 bits per heavy atom. The number of nitrogens with one attached hydrogen (secondary N) is 2. The van der Waals surface area contributed by atoms with Gasteiger partial charge in [0, 0.05) is 30.1 Å². The molecule has 1 unspecified atom stereocenters. The summed E-state index contributed by atoms with van der Waals surface area (Å²) in [6, 6.07) is 8.57. The van der Waals surface area contributed by atoms with Crippen molar-refractivity contribution < 1.29 is 14.3 Å². The molecule has 1 amide bonds. The summed E-state index contributed by atoms with van der Waals surface area (Å²) in [4.78, 5) is 16.6. The van der Waals surface area contributed by atoms with Crippen LogP contribution in [0, 0.1) is 0 Å². The number of nitrogens with zero attached hydrogens (tertiary/aromatic N) is 1. The van der Waals surface area contributed by atoms with Gasteiger partial charge in [-0.15, -0.1) is 0 Å². The Hall–Kier alpha value is -2.31. The van der Waals surface area contributed by atoms with Gasteiger partial charge in [0.05, 0.1) is 18.9 Å². The molecule has 1 saturated heterocycles. The maximum absolute atomic E-state index is 12.5. The molecule has 2 aromatic rings. The minimum atomic E-state index is -0.332. The average Bonchev–Trinajstić information content (AvgIpc) is 3.14. The molecule has 1 atom stereocenters. The summed E-state index contributed by atoms with van der Waals surface area (Å²) >= 11 is 5.99. The van der Waals surface area contributed by atoms with Gasteiger partial charge in [-0.1, -0.05) is 11.6 Å². The molecule has 132 valence electrons. The van der Waals surface area contributed by atoms with Gasteiger partial charge >= 0.3 is 0 Å². The van der Waals surface area contributed by atoms with Crippen LogP contribution in [-0.2, 0) is 4.74 Å². The van der Waals surface area contributed by atoms with Crippen LogP contribution in [0.4, 0.5) is 11.4 Å². The van der Waals surface area contributed by atoms with E-state index < -0.39 is 0 Å². The molecule has 7 heteroatoms. The van der Waals surface area contributed by atoms with E-state index in [9.17, 15) is 4.79 Å². The lowest BCUT2D eigenvalue weighted by atomic mass is 10.2. The third-order valence-electron chi connectivity index (χ3n) is 3.96. The largest absolute Gasteiger partial charge is 0.495 e. The molecule has 0 saturated carbocycles. The Labute approximate surface area is 151 Å². The molecular formula is C18H20ClN3O3. The highest BCUT2D eigenvalue weighted by Gasteiger charge is 2.16. The van der Waals surface area contributed by atoms with Crippen molar-refractivity contribution in [3.8, 4) is 5.75 Å². The summed E-state index contributed by atoms with van der Waals surface area (Å²) in [6.45, 7) is 1.53. The molecule has 1 aliphatic rings. The Morgan fingerprint density at radius 2 is 2.28 bits per heavy atom. The molecule has 6 nitrogen and oxygen atoms in total. The van der Waals surface area contributed by atoms with Crippen LogP contribution in [0.15, 0.2) is 36.5 Å². The molecule has 1 aromatic heterocycles. The molecule has 1 fully saturated rings. The first-order valence-corrected chi connectivity index (χ1v) is 8.50. The molecule has 0 radical (unpaired) electrons. The molecule has 25 heavy (non-hydrogen) atoms. The van der Waals surface area contributed by atoms with Crippen LogP contribution in [0.5, 0.6) is 5.75 Å². The highest BCUT2D eigenvalue weighted by molar-refractivity contribution is 6.31. The summed E-state index contributed by atoms with van der Waals surface area (Å²) in [7, 11) is 1.53. The lowest BCUT2D eigenvalue weighted by molar-refractivity contribution is 0.102. The van der Waals surface area contributed by atoms with E-state index in [1.165, 1.54) is 7.11 Å². The number of carbonyl (C=O) groups excluding carboxylic acids is 1. The summed E-state index contributed by atoms with van der Waals surface area (Å²) in [6.07, 6.45) is 3.97. The number of benzene rings is 1. The number of hydrogen-bond acceptors (Lipinski definition) is 5. The number of methoxy groups -OCH3 is 1. The van der Waals surface area contributed by atoms with E-state index in [1.807, 2.05) is 6.07 Å². The van der Waals surface area contributed by atoms with Crippen LogP contribution in [0.1, 0.15) is 23.3 Å². The molecular weight excluding hydrogens is 342 g/mol. The predicted octanol–water partition coefficient (Wildman–Crippen LogP) is 3.59. The van der Waals surface area contributed by atoms with E-state index in [0.717, 1.165) is 25.1 Å². The van der Waals surface area contributed by atoms with Crippen molar-refractivity contribution in [2.45, 2.75) is 18.9 Å². The second-order valence-corrected chi connectivity index (χ2v) is 6.18. The van der Waals surface area contributed by atoms with Gasteiger partial charge in [0.25, 0.3) is 5.91 Å². The minimum Gasteiger partial charge on any atom is -0.495 e. The monoisotopic (exact) mass is 361 g/mol. The number of amides is 1. The zero-order chi connectivity index (χ0) is 17.6. The number of carbonyl (C=O) groups is 1. The SMILES string of the molecule is COc1ccc(Cl)cc1NC(=O)c1cc(NCC2CCCO2)ccn1. The fraction of sp³-hybridized carbons (Fsp3) is 0.333. The van der Waals surface area contributed by atoms with Crippen LogP contribution in [0.3, 0.4) is 0 Å². The molecule has 0 aliphatic carbocycles. The Kier molecular flexibility index (Phi) is 5.73. The molecule has 0 bridgehead atoms. The first-order valence-electron chi connectivity index (χ1n) is 8.12. The van der Waals surface area contributed by atoms with Crippen LogP contribution >= 0.6 is 11.6 Å². The van der Waals surface area contributed by atoms with Crippen molar-refractivity contribution in [1.29, 1.82) is 0 Å². The molecule has 2 heterocycles. The van der Waals surface area contributed by atoms with Crippen molar-refractivity contribution in [1.82, 2.24) is 4.98 Å². The maximum atomic E-state index is 12.5. The number of aromatic nitrogens is 1. The van der Waals surface area contributed by atoms with E-state index in [2.05, 4.69) is 15.6 Å². The van der Waals surface area contributed by atoms with Gasteiger partial charge in [-0.25, -0.2) is 0 Å². The first-order chi connectivity index (χ1) is 12.2. The van der Waals surface area contributed by atoms with Gasteiger partial charge in [0.2, 0.25) is 0 Å². The molecule has 1 aromatic carbocycles. The summed E-state index contributed by atoms with van der Waals surface area (Å²) in [5, 5.41) is 6.58. The van der Waals surface area contributed by atoms with Crippen molar-refractivity contribution >= 4 is 28.9 Å². The number of pyridine rings is 1. The number of halogens is 1. The lowest BCUT2D eigenvalue weighted by Gasteiger charge is -2.13. The predicted molar refractivity (Wildman–Crippen MR) is 97.7 cm³/mol. The molecule has 3 rings (SSSR count). The fourth-order valence-electron chi connectivity index (χ4n) is 2.67. The summed E-state index contributed by atoms with van der Waals surface area (Å²) < 4.78 is 10.8. The van der Waals surface area contributed by atoms with Gasteiger partial charge in [-0.2, -0.15) is 0 Å². The fourth-order valence-corrected chi connectivity index (χ4v) is 2.84. The average molecular weight is 362 g/mol. The third kappa shape index (κ3) is 4.61. The highest BCUT2D eigenvalue weighted by Crippen LogP contribution is 2.28. The van der Waals surface area contributed by atoms with E-state index in [4.69, 9.17) is 21.1 Å². The Morgan fingerprint density at radius 3 is 3.04 bits per heavy atom. The summed E-state index contributed by atoms with van der Waals surface area (Å²) in [5.74, 6) is 0.201. The van der Waals surface area contributed by atoms with E-state index in [0.29, 0.717) is 28.7 Å². The Bertz CT molecular complexity index is 748. The van der Waals surface area contributed by atoms with E-state index >= 15 is 0 Å². The van der Waals surface area contributed by atoms with Gasteiger partial charge in [-0.3, -0.25) is 9.78 Å². The first kappa shape index (κ1) is 17.5. The zero-order valence-electron chi connectivity index (χ0n) is 13.9. The Balaban J connectivity index is 1.67. The van der Waals surface area contributed by atoms with Crippen molar-refractivity contribution in [2.24, 2.45) is 0 Å². The molecule has 0 spiro atoms. The van der Waals surface area contributed by atoms with Crippen LogP contribution in [0.2, 0.25) is 5.02 Å². The van der Waals surface area contributed by atoms with Crippen LogP contribution in [0.25, 0.3) is 0 Å². The van der Waals surface area contributed by atoms with Gasteiger partial charge in [0.15, 0.2) is 0 Å². The number of hydrogen-bond donors (Lipinski definition) is 2. The molecule has 2 N–H and O–H groups in total. The number of rotatable bonds is 6. The minimum absolute atomic E-state index is 0.223. The lowest BCUT2D eigenvalue weighted by Crippen LogP contribution is -2.19. The third-order valence-corrected chi connectivity index (χ3v) is 4.20. The smallest absolute Gasteiger partial charge is 0.274 e. The number of ether oxygens (including phenoxy) is 2. The van der Waals surface area contributed by atoms with Crippen molar-refractivity contribution in [2.75, 3.05) is 30.9 Å². The van der Waals surface area contributed by atoms with E-state index in [1.54, 1.807) is 30.5 Å². The number of anilines is 2. The zero-order valence-corrected chi connectivity index (χ0v) is 14.7. The van der Waals surface area contributed by atoms with Gasteiger partial charge in [0.1, 0.15) is 11.4 Å². The van der Waals surface area contributed by atoms with Crippen LogP contribution < -0.4 is 15.4 Å². The van der Waals surface area contributed by atoms with Crippen molar-refractivity contribution in [3.05, 3.63) is 47.2 Å². The standard InChI is InChI=1S/C18H20ClN3O3/c1-24-17-5-4-12(19)9-15(17)22-18(23)16-10-13(6-7-20-16)21-11-14-3-2-8-25-14/h4-7,9-10,14H,2-3,8,11H2,1H3,(H,20,21)(H,22,23). The topological polar surface area (TPSA) is 72.5 Å². The van der Waals surface area contributed by atoms with Gasteiger partial charge < -0.3 is 20.1 Å². The summed E-state index contributed by atoms with van der Waals surface area (Å²) in [5.41, 5.74) is 1.63. The normalized spacial score (nSPS) is 16.5. The quantitative estimate of drug-likeness (QED) is 0.822. The second kappa shape index (κ2) is 8.18.